The second-order valence-corrected chi connectivity index (χ2v) is 2.30. The molecule has 0 bridgehead atoms. The zero-order valence-corrected chi connectivity index (χ0v) is 5.69. The SMILES string of the molecule is C[BH2-]c1ccc(F)cc1. The molecule has 1 rings (SSSR count). The van der Waals surface area contributed by atoms with Crippen LogP contribution in [0.5, 0.6) is 0 Å². The highest BCUT2D eigenvalue weighted by Gasteiger charge is 1.83. The largest absolute Gasteiger partial charge is 0.217 e. The maximum absolute atomic E-state index is 12.2. The third kappa shape index (κ3) is 1.56. The number of hydrogen-bond donors (Lipinski definition) is 0. The summed E-state index contributed by atoms with van der Waals surface area (Å²) in [6, 6.07) is 6.75. The molecule has 0 saturated carbocycles. The van der Waals surface area contributed by atoms with Crippen molar-refractivity contribution in [1.29, 1.82) is 0 Å². The minimum absolute atomic E-state index is 0.0150. The van der Waals surface area contributed by atoms with Crippen LogP contribution in [-0.4, -0.2) is 7.28 Å². The van der Waals surface area contributed by atoms with Crippen LogP contribution in [0.25, 0.3) is 0 Å². The van der Waals surface area contributed by atoms with Crippen LogP contribution in [0.4, 0.5) is 4.39 Å². The lowest BCUT2D eigenvalue weighted by Crippen LogP contribution is -2.08. The van der Waals surface area contributed by atoms with E-state index in [2.05, 4.69) is 6.82 Å². The van der Waals surface area contributed by atoms with E-state index in [9.17, 15) is 4.39 Å². The van der Waals surface area contributed by atoms with Crippen LogP contribution >= 0.6 is 0 Å². The van der Waals surface area contributed by atoms with Gasteiger partial charge in [-0.2, -0.15) is 6.82 Å². The maximum Gasteiger partial charge on any atom is 0.122 e. The molecule has 2 heteroatoms. The maximum atomic E-state index is 12.2. The molecule has 0 aromatic heterocycles. The molecule has 0 N–H and O–H groups in total. The van der Waals surface area contributed by atoms with Gasteiger partial charge in [0.2, 0.25) is 0 Å². The number of halogens is 1. The van der Waals surface area contributed by atoms with Crippen molar-refractivity contribution in [3.8, 4) is 0 Å². The van der Waals surface area contributed by atoms with Crippen molar-refractivity contribution >= 4 is 12.7 Å². The van der Waals surface area contributed by atoms with Crippen molar-refractivity contribution in [2.75, 3.05) is 0 Å². The van der Waals surface area contributed by atoms with Gasteiger partial charge in [-0.05, 0) is 19.4 Å². The highest BCUT2D eigenvalue weighted by atomic mass is 19.1. The van der Waals surface area contributed by atoms with Gasteiger partial charge in [0, 0.05) is 0 Å². The molecule has 0 saturated heterocycles. The van der Waals surface area contributed by atoms with Crippen molar-refractivity contribution in [3.05, 3.63) is 30.1 Å². The van der Waals surface area contributed by atoms with Crippen molar-refractivity contribution in [2.45, 2.75) is 6.82 Å². The van der Waals surface area contributed by atoms with Gasteiger partial charge in [-0.1, -0.05) is 12.1 Å². The van der Waals surface area contributed by atoms with E-state index >= 15 is 0 Å². The topological polar surface area (TPSA) is 0 Å². The third-order valence-electron chi connectivity index (χ3n) is 1.59. The molecule has 0 amide bonds. The summed E-state index contributed by atoms with van der Waals surface area (Å²) in [6.07, 6.45) is 0. The van der Waals surface area contributed by atoms with Gasteiger partial charge in [-0.3, -0.25) is 0 Å². The number of benzene rings is 1. The zero-order valence-electron chi connectivity index (χ0n) is 5.69. The smallest absolute Gasteiger partial charge is 0.122 e. The fourth-order valence-corrected chi connectivity index (χ4v) is 0.867. The predicted molar refractivity (Wildman–Crippen MR) is 40.4 cm³/mol. The van der Waals surface area contributed by atoms with Crippen LogP contribution < -0.4 is 5.46 Å². The molecule has 9 heavy (non-hydrogen) atoms. The average molecular weight is 123 g/mol. The van der Waals surface area contributed by atoms with E-state index in [1.54, 1.807) is 0 Å². The van der Waals surface area contributed by atoms with Crippen LogP contribution in [0, 0.1) is 5.82 Å². The van der Waals surface area contributed by atoms with Crippen molar-refractivity contribution in [3.63, 3.8) is 0 Å². The summed E-state index contributed by atoms with van der Waals surface area (Å²) in [5.74, 6) is -0.140. The van der Waals surface area contributed by atoms with Crippen LogP contribution in [0.2, 0.25) is 6.82 Å². The second kappa shape index (κ2) is 2.67. The molecule has 0 radical (unpaired) electrons. The van der Waals surface area contributed by atoms with E-state index in [1.807, 2.05) is 12.1 Å². The lowest BCUT2D eigenvalue weighted by Gasteiger charge is -1.98. The van der Waals surface area contributed by atoms with Gasteiger partial charge in [0.1, 0.15) is 5.82 Å². The average Bonchev–Trinajstić information content (AvgIpc) is 1.90. The Labute approximate surface area is 54.9 Å². The molecule has 0 aliphatic heterocycles. The zero-order chi connectivity index (χ0) is 6.69. The quantitative estimate of drug-likeness (QED) is 0.481. The highest BCUT2D eigenvalue weighted by Crippen LogP contribution is 1.90. The molecule has 0 heterocycles. The Morgan fingerprint density at radius 3 is 2.22 bits per heavy atom. The first-order chi connectivity index (χ1) is 4.33. The minimum Gasteiger partial charge on any atom is -0.217 e. The molecule has 1 aromatic rings. The summed E-state index contributed by atoms with van der Waals surface area (Å²) in [6.45, 7) is 2.17. The van der Waals surface area contributed by atoms with Crippen LogP contribution in [0.3, 0.4) is 0 Å². The highest BCUT2D eigenvalue weighted by molar-refractivity contribution is 6.51. The van der Waals surface area contributed by atoms with Crippen LogP contribution in [0.15, 0.2) is 24.3 Å². The molecular formula is C7H9BF-. The van der Waals surface area contributed by atoms with Gasteiger partial charge < -0.3 is 0 Å². The molecule has 0 nitrogen and oxygen atoms in total. The normalized spacial score (nSPS) is 9.56. The Morgan fingerprint density at radius 1 is 1.22 bits per heavy atom. The Bertz CT molecular complexity index is 181. The van der Waals surface area contributed by atoms with Crippen molar-refractivity contribution < 1.29 is 4.39 Å². The molecular weight excluding hydrogens is 114 g/mol. The Kier molecular flexibility index (Phi) is 1.88. The predicted octanol–water partition coefficient (Wildman–Crippen LogP) is 0.668. The fraction of sp³-hybridized carbons (Fsp3) is 0.143. The van der Waals surface area contributed by atoms with Crippen LogP contribution in [-0.2, 0) is 0 Å². The van der Waals surface area contributed by atoms with E-state index in [-0.39, 0.29) is 13.1 Å². The van der Waals surface area contributed by atoms with Gasteiger partial charge in [-0.25, -0.2) is 9.85 Å². The van der Waals surface area contributed by atoms with Gasteiger partial charge in [0.05, 0.1) is 0 Å². The Hall–Kier alpha value is -0.785. The Morgan fingerprint density at radius 2 is 1.78 bits per heavy atom. The molecule has 0 atom stereocenters. The summed E-state index contributed by atoms with van der Waals surface area (Å²) in [7, 11) is 0.0150. The molecule has 48 valence electrons. The Balaban J connectivity index is 2.88. The number of rotatable bonds is 1. The molecule has 0 aliphatic carbocycles. The van der Waals surface area contributed by atoms with E-state index in [4.69, 9.17) is 0 Å². The number of hydrogen-bond acceptors (Lipinski definition) is 0. The summed E-state index contributed by atoms with van der Waals surface area (Å²) < 4.78 is 12.2. The monoisotopic (exact) mass is 123 g/mol. The van der Waals surface area contributed by atoms with Gasteiger partial charge in [0.25, 0.3) is 0 Å². The third-order valence-corrected chi connectivity index (χ3v) is 1.59. The molecule has 0 aliphatic rings. The first-order valence-corrected chi connectivity index (χ1v) is 3.51. The van der Waals surface area contributed by atoms with E-state index in [1.165, 1.54) is 17.6 Å². The van der Waals surface area contributed by atoms with E-state index < -0.39 is 0 Å². The summed E-state index contributed by atoms with van der Waals surface area (Å²) >= 11 is 0. The van der Waals surface area contributed by atoms with Crippen molar-refractivity contribution in [2.24, 2.45) is 0 Å². The molecule has 0 unspecified atom stereocenters. The lowest BCUT2D eigenvalue weighted by molar-refractivity contribution is 0.628. The summed E-state index contributed by atoms with van der Waals surface area (Å²) in [4.78, 5) is 0. The molecule has 1 aromatic carbocycles. The molecule has 0 fully saturated rings. The van der Waals surface area contributed by atoms with Gasteiger partial charge >= 0.3 is 0 Å². The summed E-state index contributed by atoms with van der Waals surface area (Å²) in [5, 5.41) is 0. The first-order valence-electron chi connectivity index (χ1n) is 3.51. The van der Waals surface area contributed by atoms with E-state index in [0.29, 0.717) is 0 Å². The first kappa shape index (κ1) is 6.34. The minimum atomic E-state index is -0.140. The second-order valence-electron chi connectivity index (χ2n) is 2.30. The van der Waals surface area contributed by atoms with Gasteiger partial charge in [-0.15, -0.1) is 0 Å². The van der Waals surface area contributed by atoms with E-state index in [0.717, 1.165) is 0 Å². The van der Waals surface area contributed by atoms with Crippen LogP contribution in [0.1, 0.15) is 0 Å². The van der Waals surface area contributed by atoms with Gasteiger partial charge in [0.15, 0.2) is 0 Å². The van der Waals surface area contributed by atoms with Crippen molar-refractivity contribution in [1.82, 2.24) is 0 Å². The molecule has 0 spiro atoms. The lowest BCUT2D eigenvalue weighted by atomic mass is 9.73. The standard InChI is InChI=1S/C7H9BF/c1-8-6-2-4-7(9)5-3-6/h2-5H,8H2,1H3/q-1. The summed E-state index contributed by atoms with van der Waals surface area (Å²) in [5.41, 5.74) is 1.30. The fourth-order valence-electron chi connectivity index (χ4n) is 0.867.